The molecule has 0 aromatic heterocycles. The maximum Gasteiger partial charge on any atom is 0.287 e. The smallest absolute Gasteiger partial charge is 0.287 e. The molecule has 1 atom stereocenters. The van der Waals surface area contributed by atoms with E-state index in [1.807, 2.05) is 6.07 Å². The molecule has 1 fully saturated rings. The number of nitro groups is 1. The summed E-state index contributed by atoms with van der Waals surface area (Å²) < 4.78 is 0. The first-order valence-corrected chi connectivity index (χ1v) is 6.70. The first-order valence-electron chi connectivity index (χ1n) is 6.70. The molecule has 1 aliphatic rings. The molecule has 106 valence electrons. The number of hydrogen-bond donors (Lipinski definition) is 1. The predicted octanol–water partition coefficient (Wildman–Crippen LogP) is 2.07. The third-order valence-electron chi connectivity index (χ3n) is 3.72. The van der Waals surface area contributed by atoms with Gasteiger partial charge in [0.2, 0.25) is 0 Å². The summed E-state index contributed by atoms with van der Waals surface area (Å²) in [5.41, 5.74) is 0.784. The van der Waals surface area contributed by atoms with Gasteiger partial charge in [0.25, 0.3) is 5.69 Å². The standard InChI is InChI=1S/C14H17N3O3/c15-9-12-8-13(3-4-14(12)17(19)20)16-6-1-2-11(10-16)5-7-18/h3-4,8,11,18H,1-2,5-7,10H2. The first kappa shape index (κ1) is 14.3. The molecule has 0 aliphatic carbocycles. The van der Waals surface area contributed by atoms with Crippen molar-refractivity contribution in [2.24, 2.45) is 5.92 Å². The molecule has 1 heterocycles. The van der Waals surface area contributed by atoms with Gasteiger partial charge in [0, 0.05) is 31.5 Å². The van der Waals surface area contributed by atoms with Crippen LogP contribution in [0.3, 0.4) is 0 Å². The van der Waals surface area contributed by atoms with Crippen molar-refractivity contribution in [3.05, 3.63) is 33.9 Å². The van der Waals surface area contributed by atoms with Crippen molar-refractivity contribution >= 4 is 11.4 Å². The quantitative estimate of drug-likeness (QED) is 0.671. The van der Waals surface area contributed by atoms with E-state index in [1.54, 1.807) is 12.1 Å². The molecule has 1 saturated heterocycles. The zero-order valence-electron chi connectivity index (χ0n) is 11.2. The molecular weight excluding hydrogens is 258 g/mol. The number of aliphatic hydroxyl groups is 1. The summed E-state index contributed by atoms with van der Waals surface area (Å²) in [5.74, 6) is 0.439. The molecule has 0 bridgehead atoms. The average molecular weight is 275 g/mol. The van der Waals surface area contributed by atoms with Gasteiger partial charge < -0.3 is 10.0 Å². The second-order valence-corrected chi connectivity index (χ2v) is 5.04. The van der Waals surface area contributed by atoms with Crippen LogP contribution in [0.5, 0.6) is 0 Å². The highest BCUT2D eigenvalue weighted by atomic mass is 16.6. The average Bonchev–Trinajstić information content (AvgIpc) is 2.47. The number of nitro benzene ring substituents is 1. The van der Waals surface area contributed by atoms with Gasteiger partial charge in [-0.25, -0.2) is 0 Å². The van der Waals surface area contributed by atoms with Crippen LogP contribution in [0.4, 0.5) is 11.4 Å². The van der Waals surface area contributed by atoms with Gasteiger partial charge in [-0.3, -0.25) is 10.1 Å². The molecule has 6 heteroatoms. The minimum atomic E-state index is -0.535. The van der Waals surface area contributed by atoms with E-state index in [0.29, 0.717) is 5.92 Å². The van der Waals surface area contributed by atoms with Crippen molar-refractivity contribution in [1.82, 2.24) is 0 Å². The van der Waals surface area contributed by atoms with Crippen LogP contribution in [0.2, 0.25) is 0 Å². The van der Waals surface area contributed by atoms with Crippen LogP contribution in [0.25, 0.3) is 0 Å². The van der Waals surface area contributed by atoms with Crippen LogP contribution in [0, 0.1) is 27.4 Å². The summed E-state index contributed by atoms with van der Waals surface area (Å²) in [7, 11) is 0. The summed E-state index contributed by atoms with van der Waals surface area (Å²) in [5, 5.41) is 28.9. The lowest BCUT2D eigenvalue weighted by Gasteiger charge is -2.34. The number of anilines is 1. The van der Waals surface area contributed by atoms with E-state index in [9.17, 15) is 10.1 Å². The van der Waals surface area contributed by atoms with Crippen molar-refractivity contribution in [3.8, 4) is 6.07 Å². The Morgan fingerprint density at radius 1 is 1.55 bits per heavy atom. The van der Waals surface area contributed by atoms with E-state index in [2.05, 4.69) is 4.90 Å². The number of rotatable bonds is 4. The van der Waals surface area contributed by atoms with E-state index >= 15 is 0 Å². The molecule has 1 aromatic carbocycles. The van der Waals surface area contributed by atoms with Gasteiger partial charge in [0.05, 0.1) is 4.92 Å². The van der Waals surface area contributed by atoms with Crippen molar-refractivity contribution in [2.45, 2.75) is 19.3 Å². The Morgan fingerprint density at radius 2 is 2.35 bits per heavy atom. The van der Waals surface area contributed by atoms with E-state index < -0.39 is 4.92 Å². The Morgan fingerprint density at radius 3 is 3.00 bits per heavy atom. The molecule has 0 saturated carbocycles. The normalized spacial score (nSPS) is 18.6. The highest BCUT2D eigenvalue weighted by molar-refractivity contribution is 5.60. The van der Waals surface area contributed by atoms with E-state index in [0.717, 1.165) is 38.0 Å². The van der Waals surface area contributed by atoms with Crippen molar-refractivity contribution < 1.29 is 10.0 Å². The molecule has 0 spiro atoms. The summed E-state index contributed by atoms with van der Waals surface area (Å²) in [6.45, 7) is 1.88. The Hall–Kier alpha value is -2.13. The summed E-state index contributed by atoms with van der Waals surface area (Å²) in [6.07, 6.45) is 2.90. The first-order chi connectivity index (χ1) is 9.65. The molecule has 1 unspecified atom stereocenters. The fraction of sp³-hybridized carbons (Fsp3) is 0.500. The van der Waals surface area contributed by atoms with Crippen molar-refractivity contribution in [2.75, 3.05) is 24.6 Å². The third-order valence-corrected chi connectivity index (χ3v) is 3.72. The summed E-state index contributed by atoms with van der Waals surface area (Å²) >= 11 is 0. The fourth-order valence-electron chi connectivity index (χ4n) is 2.69. The van der Waals surface area contributed by atoms with Gasteiger partial charge in [0.1, 0.15) is 11.6 Å². The number of aliphatic hydroxyl groups excluding tert-OH is 1. The molecule has 1 N–H and O–H groups in total. The number of nitrogens with zero attached hydrogens (tertiary/aromatic N) is 3. The van der Waals surface area contributed by atoms with Crippen LogP contribution in [0.1, 0.15) is 24.8 Å². The SMILES string of the molecule is N#Cc1cc(N2CCCC(CCO)C2)ccc1[N+](=O)[O-]. The van der Waals surface area contributed by atoms with Gasteiger partial charge in [-0.15, -0.1) is 0 Å². The lowest BCUT2D eigenvalue weighted by Crippen LogP contribution is -2.35. The summed E-state index contributed by atoms with van der Waals surface area (Å²) in [4.78, 5) is 12.4. The molecule has 0 radical (unpaired) electrons. The Balaban J connectivity index is 2.20. The van der Waals surface area contributed by atoms with Crippen LogP contribution in [0.15, 0.2) is 18.2 Å². The molecular formula is C14H17N3O3. The number of hydrogen-bond acceptors (Lipinski definition) is 5. The lowest BCUT2D eigenvalue weighted by atomic mass is 9.94. The Bertz CT molecular complexity index is 537. The second kappa shape index (κ2) is 6.35. The molecule has 1 aliphatic heterocycles. The molecule has 2 rings (SSSR count). The van der Waals surface area contributed by atoms with Gasteiger partial charge in [-0.1, -0.05) is 0 Å². The second-order valence-electron chi connectivity index (χ2n) is 5.04. The topological polar surface area (TPSA) is 90.4 Å². The molecule has 6 nitrogen and oxygen atoms in total. The van der Waals surface area contributed by atoms with Crippen LogP contribution >= 0.6 is 0 Å². The van der Waals surface area contributed by atoms with Crippen molar-refractivity contribution in [1.29, 1.82) is 5.26 Å². The highest BCUT2D eigenvalue weighted by Crippen LogP contribution is 2.28. The monoisotopic (exact) mass is 275 g/mol. The zero-order valence-corrected chi connectivity index (χ0v) is 11.2. The Kier molecular flexibility index (Phi) is 4.53. The highest BCUT2D eigenvalue weighted by Gasteiger charge is 2.22. The number of benzene rings is 1. The Labute approximate surface area is 117 Å². The molecule has 0 amide bonds. The molecule has 1 aromatic rings. The third kappa shape index (κ3) is 3.06. The summed E-state index contributed by atoms with van der Waals surface area (Å²) in [6, 6.07) is 6.55. The van der Waals surface area contributed by atoms with Gasteiger partial charge in [-0.2, -0.15) is 5.26 Å². The minimum absolute atomic E-state index is 0.0942. The zero-order chi connectivity index (χ0) is 14.5. The van der Waals surface area contributed by atoms with Crippen LogP contribution < -0.4 is 4.90 Å². The van der Waals surface area contributed by atoms with Crippen LogP contribution in [-0.2, 0) is 0 Å². The maximum absolute atomic E-state index is 10.8. The molecule has 20 heavy (non-hydrogen) atoms. The largest absolute Gasteiger partial charge is 0.396 e. The minimum Gasteiger partial charge on any atom is -0.396 e. The van der Waals surface area contributed by atoms with E-state index in [1.165, 1.54) is 6.07 Å². The fourth-order valence-corrected chi connectivity index (χ4v) is 2.69. The van der Waals surface area contributed by atoms with Gasteiger partial charge in [-0.05, 0) is 37.3 Å². The lowest BCUT2D eigenvalue weighted by molar-refractivity contribution is -0.385. The predicted molar refractivity (Wildman–Crippen MR) is 74.5 cm³/mol. The van der Waals surface area contributed by atoms with E-state index in [4.69, 9.17) is 10.4 Å². The van der Waals surface area contributed by atoms with Gasteiger partial charge >= 0.3 is 0 Å². The van der Waals surface area contributed by atoms with Gasteiger partial charge in [0.15, 0.2) is 0 Å². The van der Waals surface area contributed by atoms with Crippen LogP contribution in [-0.4, -0.2) is 29.7 Å². The maximum atomic E-state index is 10.8. The van der Waals surface area contributed by atoms with Crippen molar-refractivity contribution in [3.63, 3.8) is 0 Å². The number of piperidine rings is 1. The number of nitriles is 1. The van der Waals surface area contributed by atoms with E-state index in [-0.39, 0.29) is 17.9 Å².